The Morgan fingerprint density at radius 2 is 2.09 bits per heavy atom. The molecule has 0 aliphatic carbocycles. The molecule has 12 heteroatoms. The van der Waals surface area contributed by atoms with Gasteiger partial charge >= 0.3 is 12.1 Å². The van der Waals surface area contributed by atoms with E-state index in [1.807, 2.05) is 6.20 Å². The second kappa shape index (κ2) is 10.5. The molecule has 0 saturated carbocycles. The van der Waals surface area contributed by atoms with Crippen LogP contribution in [0.2, 0.25) is 0 Å². The van der Waals surface area contributed by atoms with E-state index in [4.69, 9.17) is 14.6 Å². The van der Waals surface area contributed by atoms with Crippen molar-refractivity contribution < 1.29 is 27.8 Å². The van der Waals surface area contributed by atoms with Gasteiger partial charge in [0.05, 0.1) is 30.1 Å². The number of aliphatic carboxylic acids is 1. The quantitative estimate of drug-likeness (QED) is 0.728. The molecule has 176 valence electrons. The third-order valence-corrected chi connectivity index (χ3v) is 6.17. The summed E-state index contributed by atoms with van der Waals surface area (Å²) < 4.78 is 37.8. The molecule has 1 atom stereocenters. The minimum absolute atomic E-state index is 0.164. The molecule has 0 bridgehead atoms. The Morgan fingerprint density at radius 3 is 2.72 bits per heavy atom. The minimum Gasteiger partial charge on any atom is -0.475 e. The van der Waals surface area contributed by atoms with Crippen LogP contribution < -0.4 is 4.90 Å². The van der Waals surface area contributed by atoms with Gasteiger partial charge in [0.15, 0.2) is 0 Å². The maximum atomic E-state index is 10.6. The highest BCUT2D eigenvalue weighted by Gasteiger charge is 2.39. The molecule has 8 nitrogen and oxygen atoms in total. The second-order valence-electron chi connectivity index (χ2n) is 8.01. The Balaban J connectivity index is 0.000000360. The van der Waals surface area contributed by atoms with Crippen LogP contribution in [0.25, 0.3) is 0 Å². The highest BCUT2D eigenvalue weighted by Crippen LogP contribution is 2.34. The molecular weight excluding hydrogens is 447 g/mol. The first kappa shape index (κ1) is 24.3. The van der Waals surface area contributed by atoms with E-state index < -0.39 is 12.1 Å². The molecule has 2 aliphatic rings. The van der Waals surface area contributed by atoms with E-state index in [9.17, 15) is 13.2 Å². The predicted molar refractivity (Wildman–Crippen MR) is 113 cm³/mol. The molecule has 0 radical (unpaired) electrons. The second-order valence-corrected chi connectivity index (χ2v) is 9.07. The third-order valence-electron chi connectivity index (χ3n) is 5.35. The van der Waals surface area contributed by atoms with Gasteiger partial charge < -0.3 is 14.7 Å². The zero-order valence-corrected chi connectivity index (χ0v) is 18.5. The summed E-state index contributed by atoms with van der Waals surface area (Å²) in [4.78, 5) is 27.1. The maximum Gasteiger partial charge on any atom is 0.490 e. The Labute approximate surface area is 188 Å². The van der Waals surface area contributed by atoms with Gasteiger partial charge in [-0.2, -0.15) is 13.2 Å². The van der Waals surface area contributed by atoms with Gasteiger partial charge in [-0.1, -0.05) is 0 Å². The number of aryl methyl sites for hydroxylation is 1. The van der Waals surface area contributed by atoms with Gasteiger partial charge in [-0.3, -0.25) is 9.88 Å². The van der Waals surface area contributed by atoms with E-state index >= 15 is 0 Å². The summed E-state index contributed by atoms with van der Waals surface area (Å²) in [6, 6.07) is 0. The number of anilines is 1. The standard InChI is InChI=1S/C18H25N5OS.C2HF3O2/c1-15-21-16(11-25-15)10-22-7-8-24-14-18(12-22)3-2-6-23(13-18)17-9-19-4-5-20-17;3-2(4,5)1(6)7/h4-5,9,11H,2-3,6-8,10,12-14H2,1H3;(H,6,7). The van der Waals surface area contributed by atoms with Crippen molar-refractivity contribution in [2.24, 2.45) is 5.41 Å². The van der Waals surface area contributed by atoms with Crippen LogP contribution in [0.15, 0.2) is 24.0 Å². The van der Waals surface area contributed by atoms with Crippen LogP contribution in [0.4, 0.5) is 19.0 Å². The Morgan fingerprint density at radius 1 is 1.31 bits per heavy atom. The van der Waals surface area contributed by atoms with E-state index in [1.54, 1.807) is 23.7 Å². The number of thiazole rings is 1. The lowest BCUT2D eigenvalue weighted by Gasteiger charge is -2.44. The molecule has 0 aromatic carbocycles. The van der Waals surface area contributed by atoms with Crippen LogP contribution in [0, 0.1) is 12.3 Å². The Bertz CT molecular complexity index is 883. The first-order chi connectivity index (χ1) is 15.2. The molecule has 2 aromatic rings. The van der Waals surface area contributed by atoms with Gasteiger partial charge in [-0.15, -0.1) is 11.3 Å². The summed E-state index contributed by atoms with van der Waals surface area (Å²) in [5.41, 5.74) is 1.35. The Kier molecular flexibility index (Phi) is 8.01. The van der Waals surface area contributed by atoms with Crippen molar-refractivity contribution in [2.45, 2.75) is 32.5 Å². The lowest BCUT2D eigenvalue weighted by Crippen LogP contribution is -2.50. The molecule has 4 rings (SSSR count). The van der Waals surface area contributed by atoms with Crippen molar-refractivity contribution in [3.8, 4) is 0 Å². The molecule has 1 spiro atoms. The van der Waals surface area contributed by atoms with Crippen LogP contribution in [0.3, 0.4) is 0 Å². The first-order valence-electron chi connectivity index (χ1n) is 10.2. The summed E-state index contributed by atoms with van der Waals surface area (Å²) >= 11 is 1.73. The molecule has 0 amide bonds. The highest BCUT2D eigenvalue weighted by molar-refractivity contribution is 7.09. The van der Waals surface area contributed by atoms with E-state index in [1.165, 1.54) is 18.5 Å². The predicted octanol–water partition coefficient (Wildman–Crippen LogP) is 2.99. The first-order valence-corrected chi connectivity index (χ1v) is 11.1. The van der Waals surface area contributed by atoms with Crippen molar-refractivity contribution in [2.75, 3.05) is 44.3 Å². The molecule has 2 aliphatic heterocycles. The van der Waals surface area contributed by atoms with Crippen LogP contribution >= 0.6 is 11.3 Å². The monoisotopic (exact) mass is 473 g/mol. The normalized spacial score (nSPS) is 22.2. The van der Waals surface area contributed by atoms with Gasteiger partial charge in [0.1, 0.15) is 5.82 Å². The Hall–Kier alpha value is -2.31. The summed E-state index contributed by atoms with van der Waals surface area (Å²) in [6.45, 7) is 8.68. The number of carboxylic acids is 1. The van der Waals surface area contributed by atoms with Crippen LogP contribution in [0.1, 0.15) is 23.5 Å². The fourth-order valence-electron chi connectivity index (χ4n) is 4.03. The zero-order valence-electron chi connectivity index (χ0n) is 17.7. The summed E-state index contributed by atoms with van der Waals surface area (Å²) in [5.74, 6) is -1.78. The lowest BCUT2D eigenvalue weighted by molar-refractivity contribution is -0.192. The molecule has 1 unspecified atom stereocenters. The van der Waals surface area contributed by atoms with Gasteiger partial charge in [0.25, 0.3) is 0 Å². The number of halogens is 3. The molecule has 2 fully saturated rings. The van der Waals surface area contributed by atoms with Crippen molar-refractivity contribution in [3.05, 3.63) is 34.7 Å². The van der Waals surface area contributed by atoms with E-state index in [-0.39, 0.29) is 5.41 Å². The molecule has 2 aromatic heterocycles. The zero-order chi connectivity index (χ0) is 23.2. The van der Waals surface area contributed by atoms with E-state index in [0.29, 0.717) is 0 Å². The van der Waals surface area contributed by atoms with Crippen LogP contribution in [-0.4, -0.2) is 76.5 Å². The van der Waals surface area contributed by atoms with Crippen LogP contribution in [0.5, 0.6) is 0 Å². The fourth-order valence-corrected chi connectivity index (χ4v) is 4.63. The fraction of sp³-hybridized carbons (Fsp3) is 0.600. The maximum absolute atomic E-state index is 10.6. The summed E-state index contributed by atoms with van der Waals surface area (Å²) in [7, 11) is 0. The van der Waals surface area contributed by atoms with Crippen molar-refractivity contribution in [1.29, 1.82) is 0 Å². The molecule has 32 heavy (non-hydrogen) atoms. The van der Waals surface area contributed by atoms with Crippen LogP contribution in [-0.2, 0) is 16.1 Å². The van der Waals surface area contributed by atoms with Crippen molar-refractivity contribution >= 4 is 23.1 Å². The smallest absolute Gasteiger partial charge is 0.475 e. The number of carbonyl (C=O) groups is 1. The summed E-state index contributed by atoms with van der Waals surface area (Å²) in [5, 5.41) is 10.4. The lowest BCUT2D eigenvalue weighted by atomic mass is 9.80. The number of alkyl halides is 3. The highest BCUT2D eigenvalue weighted by atomic mass is 32.1. The van der Waals surface area contributed by atoms with Gasteiger partial charge in [-0.25, -0.2) is 14.8 Å². The molecule has 4 heterocycles. The number of piperidine rings is 1. The third kappa shape index (κ3) is 6.84. The van der Waals surface area contributed by atoms with E-state index in [0.717, 1.165) is 56.8 Å². The number of hydrogen-bond acceptors (Lipinski definition) is 8. The average molecular weight is 474 g/mol. The van der Waals surface area contributed by atoms with Gasteiger partial charge in [0.2, 0.25) is 0 Å². The summed E-state index contributed by atoms with van der Waals surface area (Å²) in [6.07, 6.45) is 2.67. The topological polar surface area (TPSA) is 91.7 Å². The van der Waals surface area contributed by atoms with Gasteiger partial charge in [0, 0.05) is 55.9 Å². The number of aromatic nitrogens is 3. The molecule has 1 N–H and O–H groups in total. The molecule has 2 saturated heterocycles. The van der Waals surface area contributed by atoms with Gasteiger partial charge in [-0.05, 0) is 19.8 Å². The average Bonchev–Trinajstić information content (AvgIpc) is 3.06. The number of hydrogen-bond donors (Lipinski definition) is 1. The SMILES string of the molecule is Cc1nc(CN2CCOCC3(CCCN(c4cnccn4)C3)C2)cs1.O=C(O)C(F)(F)F. The largest absolute Gasteiger partial charge is 0.490 e. The number of nitrogens with zero attached hydrogens (tertiary/aromatic N) is 5. The number of carboxylic acid groups (broad SMARTS) is 1. The number of ether oxygens (including phenoxy) is 1. The van der Waals surface area contributed by atoms with Crippen molar-refractivity contribution in [3.63, 3.8) is 0 Å². The molecular formula is C20H26F3N5O3S. The van der Waals surface area contributed by atoms with E-state index in [2.05, 4.69) is 37.1 Å². The van der Waals surface area contributed by atoms with Crippen molar-refractivity contribution in [1.82, 2.24) is 19.9 Å². The minimum atomic E-state index is -5.08. The number of rotatable bonds is 3.